The van der Waals surface area contributed by atoms with Crippen LogP contribution in [0.2, 0.25) is 0 Å². The highest BCUT2D eigenvalue weighted by Crippen LogP contribution is 2.76. The molecule has 4 nitrogen and oxygen atoms in total. The van der Waals surface area contributed by atoms with Crippen molar-refractivity contribution < 1.29 is 17.2 Å². The SMILES string of the molecule is CN1C2C1C21Cc2cc(F)c(CCNS(=O)(=O)C3CCC3)cc2C1Cc1cccc(F)c1. The lowest BCUT2D eigenvalue weighted by molar-refractivity contribution is 0.226. The van der Waals surface area contributed by atoms with Crippen LogP contribution in [0.4, 0.5) is 8.78 Å². The standard InChI is InChI=1S/C25H28F2N2O2S/c1-29-23-24(29)25(23)14-17-13-22(27)16(8-9-28-32(30,31)19-6-3-7-19)12-20(17)21(25)11-15-4-2-5-18(26)10-15/h2,4-5,10,12-13,19,21,23-24,28H,3,6-9,11,14H2,1H3. The van der Waals surface area contributed by atoms with Crippen LogP contribution < -0.4 is 4.72 Å². The summed E-state index contributed by atoms with van der Waals surface area (Å²) in [6.45, 7) is 0.211. The molecule has 2 aromatic rings. The summed E-state index contributed by atoms with van der Waals surface area (Å²) < 4.78 is 56.0. The Morgan fingerprint density at radius 1 is 1.16 bits per heavy atom. The number of sulfonamides is 1. The average Bonchev–Trinajstić information content (AvgIpc) is 3.53. The van der Waals surface area contributed by atoms with Gasteiger partial charge >= 0.3 is 0 Å². The minimum atomic E-state index is -3.30. The van der Waals surface area contributed by atoms with E-state index in [0.29, 0.717) is 36.9 Å². The first-order valence-corrected chi connectivity index (χ1v) is 13.1. The van der Waals surface area contributed by atoms with Gasteiger partial charge in [-0.1, -0.05) is 24.6 Å². The maximum absolute atomic E-state index is 14.9. The van der Waals surface area contributed by atoms with Crippen LogP contribution in [0.3, 0.4) is 0 Å². The predicted octanol–water partition coefficient (Wildman–Crippen LogP) is 3.54. The lowest BCUT2D eigenvalue weighted by Gasteiger charge is -2.29. The fourth-order valence-electron chi connectivity index (χ4n) is 6.47. The Kier molecular flexibility index (Phi) is 4.59. The van der Waals surface area contributed by atoms with Crippen molar-refractivity contribution in [3.05, 3.63) is 70.3 Å². The van der Waals surface area contributed by atoms with Gasteiger partial charge in [0.25, 0.3) is 0 Å². The van der Waals surface area contributed by atoms with Crippen LogP contribution in [0.1, 0.15) is 47.4 Å². The zero-order valence-corrected chi connectivity index (χ0v) is 19.0. The smallest absolute Gasteiger partial charge is 0.214 e. The topological polar surface area (TPSA) is 49.2 Å². The number of likely N-dealkylation sites (N-methyl/N-ethyl adjacent to an activating group) is 1. The van der Waals surface area contributed by atoms with Gasteiger partial charge in [-0.3, -0.25) is 4.90 Å². The molecule has 1 spiro atoms. The van der Waals surface area contributed by atoms with Gasteiger partial charge < -0.3 is 0 Å². The number of hydrogen-bond acceptors (Lipinski definition) is 3. The highest BCUT2D eigenvalue weighted by molar-refractivity contribution is 7.90. The summed E-state index contributed by atoms with van der Waals surface area (Å²) in [5.41, 5.74) is 3.89. The number of fused-ring (bicyclic) bond motifs is 4. The van der Waals surface area contributed by atoms with E-state index in [9.17, 15) is 17.2 Å². The van der Waals surface area contributed by atoms with Gasteiger partial charge in [-0.15, -0.1) is 0 Å². The van der Waals surface area contributed by atoms with Crippen LogP contribution in [0.25, 0.3) is 0 Å². The Balaban J connectivity index is 1.25. The number of benzene rings is 2. The van der Waals surface area contributed by atoms with Crippen LogP contribution in [-0.2, 0) is 29.3 Å². The minimum Gasteiger partial charge on any atom is -0.296 e. The second-order valence-electron chi connectivity index (χ2n) is 10.1. The molecule has 7 heteroatoms. The summed E-state index contributed by atoms with van der Waals surface area (Å²) in [6.07, 6.45) is 4.32. The van der Waals surface area contributed by atoms with Crippen molar-refractivity contribution in [2.24, 2.45) is 5.41 Å². The van der Waals surface area contributed by atoms with Crippen molar-refractivity contribution in [1.29, 1.82) is 0 Å². The van der Waals surface area contributed by atoms with Crippen LogP contribution >= 0.6 is 0 Å². The van der Waals surface area contributed by atoms with Crippen molar-refractivity contribution in [2.75, 3.05) is 13.6 Å². The van der Waals surface area contributed by atoms with Gasteiger partial charge in [-0.05, 0) is 85.5 Å². The number of halogens is 2. The molecule has 170 valence electrons. The first-order valence-electron chi connectivity index (χ1n) is 11.6. The molecule has 1 N–H and O–H groups in total. The number of rotatable bonds is 7. The Bertz CT molecular complexity index is 1180. The van der Waals surface area contributed by atoms with Gasteiger partial charge in [0.05, 0.1) is 5.25 Å². The second-order valence-corrected chi connectivity index (χ2v) is 12.2. The van der Waals surface area contributed by atoms with Gasteiger partial charge in [-0.25, -0.2) is 21.9 Å². The Labute approximate surface area is 188 Å². The summed E-state index contributed by atoms with van der Waals surface area (Å²) >= 11 is 0. The molecule has 3 unspecified atom stereocenters. The summed E-state index contributed by atoms with van der Waals surface area (Å²) in [7, 11) is -1.18. The monoisotopic (exact) mass is 458 g/mol. The summed E-state index contributed by atoms with van der Waals surface area (Å²) in [6, 6.07) is 11.5. The molecule has 4 aliphatic rings. The van der Waals surface area contributed by atoms with Gasteiger partial charge in [0, 0.05) is 24.0 Å². The molecular formula is C25H28F2N2O2S. The third-order valence-electron chi connectivity index (χ3n) is 8.43. The van der Waals surface area contributed by atoms with Gasteiger partial charge in [0.1, 0.15) is 11.6 Å². The van der Waals surface area contributed by atoms with Gasteiger partial charge in [0.15, 0.2) is 0 Å². The molecule has 32 heavy (non-hydrogen) atoms. The first-order chi connectivity index (χ1) is 15.3. The summed E-state index contributed by atoms with van der Waals surface area (Å²) in [4.78, 5) is 2.36. The van der Waals surface area contributed by atoms with Crippen LogP contribution in [0.15, 0.2) is 36.4 Å². The predicted molar refractivity (Wildman–Crippen MR) is 119 cm³/mol. The minimum absolute atomic E-state index is 0.139. The molecule has 0 aromatic heterocycles. The molecule has 0 amide bonds. The highest BCUT2D eigenvalue weighted by Gasteiger charge is 2.84. The fourth-order valence-corrected chi connectivity index (χ4v) is 8.05. The van der Waals surface area contributed by atoms with Crippen molar-refractivity contribution in [3.8, 4) is 0 Å². The van der Waals surface area contributed by atoms with E-state index >= 15 is 0 Å². The average molecular weight is 459 g/mol. The molecule has 3 fully saturated rings. The molecule has 6 rings (SSSR count). The Morgan fingerprint density at radius 3 is 2.59 bits per heavy atom. The largest absolute Gasteiger partial charge is 0.296 e. The van der Waals surface area contributed by atoms with E-state index in [0.717, 1.165) is 36.0 Å². The van der Waals surface area contributed by atoms with E-state index in [-0.39, 0.29) is 34.8 Å². The van der Waals surface area contributed by atoms with E-state index in [1.807, 2.05) is 12.1 Å². The van der Waals surface area contributed by atoms with Crippen LogP contribution in [-0.4, -0.2) is 44.2 Å². The lowest BCUT2D eigenvalue weighted by atomic mass is 9.81. The molecule has 0 radical (unpaired) electrons. The summed E-state index contributed by atoms with van der Waals surface area (Å²) in [5.74, 6) is -0.251. The van der Waals surface area contributed by atoms with Crippen molar-refractivity contribution in [3.63, 3.8) is 0 Å². The summed E-state index contributed by atoms with van der Waals surface area (Å²) in [5, 5.41) is -0.290. The molecule has 1 aliphatic heterocycles. The second kappa shape index (κ2) is 7.08. The van der Waals surface area contributed by atoms with E-state index in [1.165, 1.54) is 6.07 Å². The van der Waals surface area contributed by atoms with E-state index in [4.69, 9.17) is 0 Å². The number of nitrogens with one attached hydrogen (secondary N) is 1. The van der Waals surface area contributed by atoms with E-state index in [2.05, 4.69) is 16.7 Å². The third kappa shape index (κ3) is 3.08. The third-order valence-corrected chi connectivity index (χ3v) is 10.4. The van der Waals surface area contributed by atoms with Crippen molar-refractivity contribution >= 4 is 10.0 Å². The zero-order chi connectivity index (χ0) is 22.3. The number of nitrogens with zero attached hydrogens (tertiary/aromatic N) is 1. The number of hydrogen-bond donors (Lipinski definition) is 1. The van der Waals surface area contributed by atoms with E-state index in [1.54, 1.807) is 18.2 Å². The Morgan fingerprint density at radius 2 is 1.94 bits per heavy atom. The molecule has 0 bridgehead atoms. The Hall–Kier alpha value is -1.83. The molecule has 3 aliphatic carbocycles. The molecule has 1 heterocycles. The maximum Gasteiger partial charge on any atom is 0.214 e. The lowest BCUT2D eigenvalue weighted by Crippen LogP contribution is -2.39. The normalized spacial score (nSPS) is 32.5. The van der Waals surface area contributed by atoms with Crippen LogP contribution in [0.5, 0.6) is 0 Å². The van der Waals surface area contributed by atoms with Gasteiger partial charge in [-0.2, -0.15) is 0 Å². The van der Waals surface area contributed by atoms with E-state index < -0.39 is 10.0 Å². The molecule has 3 atom stereocenters. The highest BCUT2D eigenvalue weighted by atomic mass is 32.2. The maximum atomic E-state index is 14.9. The quantitative estimate of drug-likeness (QED) is 0.646. The molecular weight excluding hydrogens is 430 g/mol. The zero-order valence-electron chi connectivity index (χ0n) is 18.2. The molecule has 1 saturated heterocycles. The number of likely N-dealkylation sites (tertiary alicyclic amines) is 1. The molecule has 2 aromatic carbocycles. The van der Waals surface area contributed by atoms with Crippen molar-refractivity contribution in [1.82, 2.24) is 9.62 Å². The molecule has 2 saturated carbocycles. The fraction of sp³-hybridized carbons (Fsp3) is 0.520. The van der Waals surface area contributed by atoms with Crippen LogP contribution in [0, 0.1) is 17.0 Å². The van der Waals surface area contributed by atoms with Gasteiger partial charge in [0.2, 0.25) is 10.0 Å². The van der Waals surface area contributed by atoms with Crippen molar-refractivity contribution in [2.45, 2.75) is 61.8 Å². The first kappa shape index (κ1) is 20.8.